The molecular formula is C22H16F2N6. The molecule has 0 atom stereocenters. The summed E-state index contributed by atoms with van der Waals surface area (Å²) >= 11 is 0. The highest BCUT2D eigenvalue weighted by Crippen LogP contribution is 2.35. The van der Waals surface area contributed by atoms with E-state index in [-0.39, 0.29) is 11.2 Å². The number of nitrogens with two attached hydrogens (primary N) is 1. The van der Waals surface area contributed by atoms with Crippen LogP contribution in [0.5, 0.6) is 0 Å². The number of hydrogen-bond acceptors (Lipinski definition) is 5. The normalized spacial score (nSPS) is 12.0. The smallest absolute Gasteiger partial charge is 0.326 e. The van der Waals surface area contributed by atoms with E-state index < -0.39 is 11.7 Å². The van der Waals surface area contributed by atoms with Gasteiger partial charge in [0.1, 0.15) is 0 Å². The summed E-state index contributed by atoms with van der Waals surface area (Å²) in [5.41, 5.74) is 8.62. The minimum atomic E-state index is -3.39. The van der Waals surface area contributed by atoms with Gasteiger partial charge in [0.25, 0.3) is 0 Å². The Morgan fingerprint density at radius 2 is 1.77 bits per heavy atom. The highest BCUT2D eigenvalue weighted by atomic mass is 19.3. The molecule has 3 aromatic heterocycles. The van der Waals surface area contributed by atoms with Gasteiger partial charge in [-0.05, 0) is 35.9 Å². The van der Waals surface area contributed by atoms with Crippen molar-refractivity contribution >= 4 is 16.6 Å². The second-order valence-corrected chi connectivity index (χ2v) is 6.90. The first-order valence-electron chi connectivity index (χ1n) is 9.32. The first-order chi connectivity index (χ1) is 14.6. The summed E-state index contributed by atoms with van der Waals surface area (Å²) in [6.07, 6.45) is 1.62. The van der Waals surface area contributed by atoms with Gasteiger partial charge in [0.05, 0.1) is 11.2 Å². The van der Waals surface area contributed by atoms with Crippen LogP contribution in [0.25, 0.3) is 27.8 Å². The fourth-order valence-electron chi connectivity index (χ4n) is 3.35. The summed E-state index contributed by atoms with van der Waals surface area (Å²) in [7, 11) is 0. The number of fused-ring (bicyclic) bond motifs is 2. The number of hydrogen-bond donors (Lipinski definition) is 1. The highest BCUT2D eigenvalue weighted by molar-refractivity contribution is 5.79. The summed E-state index contributed by atoms with van der Waals surface area (Å²) < 4.78 is 31.9. The van der Waals surface area contributed by atoms with Crippen LogP contribution in [0.15, 0.2) is 72.9 Å². The number of halogens is 2. The standard InChI is InChI=1S/C22H16F2N6/c23-22(24,17-7-8-18-16(12-17)2-1-11-26-18)21-28-27-20-10-9-19(29-30(20)21)15-5-3-14(13-25)4-6-15/h1-12H,13,25H2. The molecule has 0 radical (unpaired) electrons. The lowest BCUT2D eigenvalue weighted by molar-refractivity contribution is 0.0307. The molecule has 0 spiro atoms. The highest BCUT2D eigenvalue weighted by Gasteiger charge is 2.40. The van der Waals surface area contributed by atoms with Gasteiger partial charge >= 0.3 is 5.92 Å². The first kappa shape index (κ1) is 18.3. The van der Waals surface area contributed by atoms with Crippen molar-refractivity contribution in [2.24, 2.45) is 5.73 Å². The van der Waals surface area contributed by atoms with E-state index in [1.54, 1.807) is 36.5 Å². The predicted octanol–water partition coefficient (Wildman–Crippen LogP) is 3.94. The third-order valence-electron chi connectivity index (χ3n) is 4.99. The zero-order chi connectivity index (χ0) is 20.7. The van der Waals surface area contributed by atoms with Crippen molar-refractivity contribution in [2.75, 3.05) is 0 Å². The minimum Gasteiger partial charge on any atom is -0.326 e. The van der Waals surface area contributed by atoms with Crippen LogP contribution in [-0.2, 0) is 12.5 Å². The summed E-state index contributed by atoms with van der Waals surface area (Å²) in [5.74, 6) is -3.93. The van der Waals surface area contributed by atoms with E-state index in [0.29, 0.717) is 23.1 Å². The van der Waals surface area contributed by atoms with Crippen molar-refractivity contribution < 1.29 is 8.78 Å². The van der Waals surface area contributed by atoms with Gasteiger partial charge in [-0.3, -0.25) is 4.98 Å². The molecule has 148 valence electrons. The van der Waals surface area contributed by atoms with Crippen LogP contribution in [0.2, 0.25) is 0 Å². The summed E-state index contributed by atoms with van der Waals surface area (Å²) in [4.78, 5) is 4.18. The van der Waals surface area contributed by atoms with E-state index in [2.05, 4.69) is 20.3 Å². The molecule has 2 aromatic carbocycles. The number of pyridine rings is 1. The molecule has 0 aliphatic rings. The maximum absolute atomic E-state index is 15.4. The van der Waals surface area contributed by atoms with Crippen molar-refractivity contribution in [1.82, 2.24) is 24.8 Å². The number of benzene rings is 2. The maximum atomic E-state index is 15.4. The van der Waals surface area contributed by atoms with E-state index in [1.165, 1.54) is 12.1 Å². The molecule has 5 aromatic rings. The van der Waals surface area contributed by atoms with Crippen LogP contribution >= 0.6 is 0 Å². The van der Waals surface area contributed by atoms with Crippen LogP contribution in [0.4, 0.5) is 8.78 Å². The van der Waals surface area contributed by atoms with Crippen molar-refractivity contribution in [3.05, 3.63) is 89.9 Å². The molecule has 0 saturated heterocycles. The maximum Gasteiger partial charge on any atom is 0.333 e. The zero-order valence-corrected chi connectivity index (χ0v) is 15.7. The van der Waals surface area contributed by atoms with Gasteiger partial charge in [0.15, 0.2) is 5.65 Å². The second-order valence-electron chi connectivity index (χ2n) is 6.90. The van der Waals surface area contributed by atoms with Gasteiger partial charge in [0, 0.05) is 29.3 Å². The molecule has 0 bridgehead atoms. The Kier molecular flexibility index (Phi) is 4.22. The van der Waals surface area contributed by atoms with Gasteiger partial charge in [-0.25, -0.2) is 0 Å². The van der Waals surface area contributed by atoms with Gasteiger partial charge in [-0.1, -0.05) is 36.4 Å². The zero-order valence-electron chi connectivity index (χ0n) is 15.7. The number of aromatic nitrogens is 5. The Morgan fingerprint density at radius 1 is 0.933 bits per heavy atom. The lowest BCUT2D eigenvalue weighted by Crippen LogP contribution is -2.20. The second kappa shape index (κ2) is 6.93. The summed E-state index contributed by atoms with van der Waals surface area (Å²) in [6.45, 7) is 0.426. The number of nitrogens with zero attached hydrogens (tertiary/aromatic N) is 5. The van der Waals surface area contributed by atoms with Crippen molar-refractivity contribution in [3.63, 3.8) is 0 Å². The molecule has 6 nitrogen and oxygen atoms in total. The lowest BCUT2D eigenvalue weighted by atomic mass is 10.0. The lowest BCUT2D eigenvalue weighted by Gasteiger charge is -2.15. The average molecular weight is 402 g/mol. The largest absolute Gasteiger partial charge is 0.333 e. The molecule has 30 heavy (non-hydrogen) atoms. The third kappa shape index (κ3) is 2.98. The van der Waals surface area contributed by atoms with Crippen LogP contribution in [0, 0.1) is 0 Å². The molecule has 0 fully saturated rings. The molecule has 0 aliphatic carbocycles. The van der Waals surface area contributed by atoms with Crippen LogP contribution in [0.3, 0.4) is 0 Å². The van der Waals surface area contributed by atoms with Gasteiger partial charge < -0.3 is 5.73 Å². The van der Waals surface area contributed by atoms with Crippen molar-refractivity contribution in [3.8, 4) is 11.3 Å². The van der Waals surface area contributed by atoms with E-state index in [1.807, 2.05) is 24.3 Å². The van der Waals surface area contributed by atoms with Crippen LogP contribution in [0.1, 0.15) is 17.0 Å². The first-order valence-corrected chi connectivity index (χ1v) is 9.32. The van der Waals surface area contributed by atoms with E-state index in [4.69, 9.17) is 5.73 Å². The van der Waals surface area contributed by atoms with Crippen molar-refractivity contribution in [2.45, 2.75) is 12.5 Å². The van der Waals surface area contributed by atoms with Crippen LogP contribution in [-0.4, -0.2) is 24.8 Å². The number of rotatable bonds is 4. The topological polar surface area (TPSA) is 82.0 Å². The number of alkyl halides is 2. The fraction of sp³-hybridized carbons (Fsp3) is 0.0909. The Labute approximate surface area is 170 Å². The summed E-state index contributed by atoms with van der Waals surface area (Å²) in [5, 5.41) is 12.6. The van der Waals surface area contributed by atoms with Gasteiger partial charge in [0.2, 0.25) is 5.82 Å². The molecule has 8 heteroatoms. The van der Waals surface area contributed by atoms with E-state index in [9.17, 15) is 0 Å². The average Bonchev–Trinajstić information content (AvgIpc) is 3.23. The molecule has 0 saturated carbocycles. The molecular weight excluding hydrogens is 386 g/mol. The molecule has 5 rings (SSSR count). The van der Waals surface area contributed by atoms with Gasteiger partial charge in [-0.2, -0.15) is 18.4 Å². The van der Waals surface area contributed by atoms with E-state index in [0.717, 1.165) is 15.6 Å². The minimum absolute atomic E-state index is 0.197. The summed E-state index contributed by atoms with van der Waals surface area (Å²) in [6, 6.07) is 18.6. The quantitative estimate of drug-likeness (QED) is 0.492. The SMILES string of the molecule is NCc1ccc(-c2ccc3nnc(C(F)(F)c4ccc5ncccc5c4)n3n2)cc1. The monoisotopic (exact) mass is 402 g/mol. The van der Waals surface area contributed by atoms with Gasteiger partial charge in [-0.15, -0.1) is 10.2 Å². The molecule has 3 heterocycles. The Balaban J connectivity index is 1.61. The Hall–Kier alpha value is -3.78. The van der Waals surface area contributed by atoms with Crippen LogP contribution < -0.4 is 5.73 Å². The molecule has 2 N–H and O–H groups in total. The fourth-order valence-corrected chi connectivity index (χ4v) is 3.35. The van der Waals surface area contributed by atoms with Crippen molar-refractivity contribution in [1.29, 1.82) is 0 Å². The molecule has 0 aliphatic heterocycles. The Bertz CT molecular complexity index is 1360. The Morgan fingerprint density at radius 3 is 2.57 bits per heavy atom. The third-order valence-corrected chi connectivity index (χ3v) is 4.99. The predicted molar refractivity (Wildman–Crippen MR) is 109 cm³/mol. The van der Waals surface area contributed by atoms with E-state index >= 15 is 8.78 Å². The molecule has 0 amide bonds. The molecule has 0 unspecified atom stereocenters.